The van der Waals surface area contributed by atoms with Gasteiger partial charge in [0.2, 0.25) is 0 Å². The summed E-state index contributed by atoms with van der Waals surface area (Å²) in [7, 11) is 0. The first-order chi connectivity index (χ1) is 10.4. The van der Waals surface area contributed by atoms with Crippen molar-refractivity contribution in [2.24, 2.45) is 5.92 Å². The molecule has 1 fully saturated rings. The first-order valence-corrected chi connectivity index (χ1v) is 7.56. The second-order valence-electron chi connectivity index (χ2n) is 6.27. The monoisotopic (exact) mass is 305 g/mol. The predicted molar refractivity (Wildman–Crippen MR) is 82.4 cm³/mol. The number of carbonyl (C=O) groups is 2. The van der Waals surface area contributed by atoms with Gasteiger partial charge in [-0.1, -0.05) is 44.2 Å². The highest BCUT2D eigenvalue weighted by atomic mass is 16.6. The normalized spacial score (nSPS) is 21.3. The van der Waals surface area contributed by atoms with E-state index in [0.717, 1.165) is 5.56 Å². The molecule has 1 amide bonds. The van der Waals surface area contributed by atoms with Crippen LogP contribution in [0.4, 0.5) is 4.79 Å². The van der Waals surface area contributed by atoms with E-state index in [1.807, 2.05) is 44.2 Å². The van der Waals surface area contributed by atoms with Gasteiger partial charge in [-0.15, -0.1) is 0 Å². The van der Waals surface area contributed by atoms with Crippen molar-refractivity contribution in [2.75, 3.05) is 6.61 Å². The van der Waals surface area contributed by atoms with Crippen LogP contribution in [-0.4, -0.2) is 30.1 Å². The molecule has 2 atom stereocenters. The van der Waals surface area contributed by atoms with E-state index in [1.165, 1.54) is 0 Å². The summed E-state index contributed by atoms with van der Waals surface area (Å²) in [6, 6.07) is 8.85. The highest BCUT2D eigenvalue weighted by Crippen LogP contribution is 2.29. The maximum atomic E-state index is 12.4. The second-order valence-corrected chi connectivity index (χ2v) is 6.27. The maximum absolute atomic E-state index is 12.4. The largest absolute Gasteiger partial charge is 0.445 e. The van der Waals surface area contributed by atoms with E-state index in [4.69, 9.17) is 9.47 Å². The summed E-state index contributed by atoms with van der Waals surface area (Å²) in [4.78, 5) is 24.3. The Balaban J connectivity index is 1.89. The minimum absolute atomic E-state index is 0.0853. The Kier molecular flexibility index (Phi) is 5.19. The van der Waals surface area contributed by atoms with Gasteiger partial charge in [-0.3, -0.25) is 4.79 Å². The first kappa shape index (κ1) is 16.5. The molecule has 0 saturated carbocycles. The molecule has 0 spiro atoms. The zero-order chi connectivity index (χ0) is 16.2. The molecule has 1 saturated heterocycles. The van der Waals surface area contributed by atoms with Gasteiger partial charge in [0.05, 0.1) is 12.6 Å². The standard InChI is InChI=1S/C17H23NO4/c1-12(2)9-14(15(19)17(3)11-22-17)18-16(20)21-10-13-7-5-4-6-8-13/h4-8,12,14H,9-11H2,1-3H3,(H,18,20)/t14-,17+/m0/s1. The Bertz CT molecular complexity index is 523. The van der Waals surface area contributed by atoms with Crippen LogP contribution in [0.25, 0.3) is 0 Å². The van der Waals surface area contributed by atoms with Crippen molar-refractivity contribution in [3.63, 3.8) is 0 Å². The minimum atomic E-state index is -0.744. The van der Waals surface area contributed by atoms with Crippen molar-refractivity contribution in [1.29, 1.82) is 0 Å². The number of ketones is 1. The average molecular weight is 305 g/mol. The molecule has 1 aromatic rings. The number of hydrogen-bond acceptors (Lipinski definition) is 4. The van der Waals surface area contributed by atoms with Crippen LogP contribution in [0.3, 0.4) is 0 Å². The van der Waals surface area contributed by atoms with E-state index in [9.17, 15) is 9.59 Å². The number of hydrogen-bond donors (Lipinski definition) is 1. The molecule has 5 heteroatoms. The van der Waals surface area contributed by atoms with E-state index in [0.29, 0.717) is 13.0 Å². The lowest BCUT2D eigenvalue weighted by Gasteiger charge is -2.21. The van der Waals surface area contributed by atoms with Crippen molar-refractivity contribution in [3.8, 4) is 0 Å². The van der Waals surface area contributed by atoms with Gasteiger partial charge in [-0.25, -0.2) is 4.79 Å². The quantitative estimate of drug-likeness (QED) is 0.786. The van der Waals surface area contributed by atoms with Gasteiger partial charge in [0, 0.05) is 0 Å². The van der Waals surface area contributed by atoms with E-state index < -0.39 is 17.7 Å². The molecule has 120 valence electrons. The average Bonchev–Trinajstić information content (AvgIpc) is 3.23. The van der Waals surface area contributed by atoms with E-state index in [1.54, 1.807) is 6.92 Å². The summed E-state index contributed by atoms with van der Waals surface area (Å²) >= 11 is 0. The topological polar surface area (TPSA) is 67.9 Å². The minimum Gasteiger partial charge on any atom is -0.445 e. The summed E-state index contributed by atoms with van der Waals surface area (Å²) < 4.78 is 10.4. The SMILES string of the molecule is CC(C)C[C@H](NC(=O)OCc1ccccc1)C(=O)[C@@]1(C)CO1. The molecular formula is C17H23NO4. The molecule has 0 aromatic heterocycles. The molecule has 1 N–H and O–H groups in total. The number of benzene rings is 1. The fourth-order valence-electron chi connectivity index (χ4n) is 2.23. The van der Waals surface area contributed by atoms with Crippen molar-refractivity contribution < 1.29 is 19.1 Å². The summed E-state index contributed by atoms with van der Waals surface area (Å²) in [5.74, 6) is 0.198. The van der Waals surface area contributed by atoms with Crippen LogP contribution in [0, 0.1) is 5.92 Å². The number of epoxide rings is 1. The van der Waals surface area contributed by atoms with E-state index in [-0.39, 0.29) is 18.3 Å². The molecule has 1 aromatic carbocycles. The zero-order valence-electron chi connectivity index (χ0n) is 13.3. The van der Waals surface area contributed by atoms with Crippen LogP contribution in [-0.2, 0) is 20.9 Å². The van der Waals surface area contributed by atoms with Crippen LogP contribution in [0.2, 0.25) is 0 Å². The highest BCUT2D eigenvalue weighted by molar-refractivity contribution is 5.95. The number of alkyl carbamates (subject to hydrolysis) is 1. The molecule has 0 unspecified atom stereocenters. The van der Waals surface area contributed by atoms with Crippen LogP contribution in [0.5, 0.6) is 0 Å². The van der Waals surface area contributed by atoms with Gasteiger partial charge in [0.15, 0.2) is 5.78 Å². The lowest BCUT2D eigenvalue weighted by molar-refractivity contribution is -0.125. The van der Waals surface area contributed by atoms with Crippen LogP contribution in [0.1, 0.15) is 32.8 Å². The third kappa shape index (κ3) is 4.56. The predicted octanol–water partition coefficient (Wildman–Crippen LogP) is 2.69. The van der Waals surface area contributed by atoms with Crippen molar-refractivity contribution in [1.82, 2.24) is 5.32 Å². The van der Waals surface area contributed by atoms with Gasteiger partial charge in [0.1, 0.15) is 12.2 Å². The Morgan fingerprint density at radius 3 is 2.50 bits per heavy atom. The molecule has 0 bridgehead atoms. The van der Waals surface area contributed by atoms with Gasteiger partial charge in [-0.2, -0.15) is 0 Å². The summed E-state index contributed by atoms with van der Waals surface area (Å²) in [6.07, 6.45) is -0.00908. The number of rotatable bonds is 7. The van der Waals surface area contributed by atoms with E-state index >= 15 is 0 Å². The summed E-state index contributed by atoms with van der Waals surface area (Å²) in [5.41, 5.74) is 0.161. The molecule has 0 radical (unpaired) electrons. The summed E-state index contributed by atoms with van der Waals surface area (Å²) in [6.45, 7) is 6.37. The molecule has 22 heavy (non-hydrogen) atoms. The molecule has 1 aliphatic rings. The van der Waals surface area contributed by atoms with Crippen LogP contribution >= 0.6 is 0 Å². The Morgan fingerprint density at radius 2 is 1.95 bits per heavy atom. The number of ether oxygens (including phenoxy) is 2. The lowest BCUT2D eigenvalue weighted by atomic mass is 9.93. The molecule has 2 rings (SSSR count). The van der Waals surface area contributed by atoms with Crippen molar-refractivity contribution in [2.45, 2.75) is 45.4 Å². The van der Waals surface area contributed by atoms with Crippen LogP contribution in [0.15, 0.2) is 30.3 Å². The molecule has 1 heterocycles. The van der Waals surface area contributed by atoms with E-state index in [2.05, 4.69) is 5.32 Å². The zero-order valence-corrected chi connectivity index (χ0v) is 13.3. The van der Waals surface area contributed by atoms with Crippen molar-refractivity contribution >= 4 is 11.9 Å². The van der Waals surface area contributed by atoms with Gasteiger partial charge >= 0.3 is 6.09 Å². The Labute approximate surface area is 131 Å². The molecule has 1 aliphatic heterocycles. The summed E-state index contributed by atoms with van der Waals surface area (Å²) in [5, 5.41) is 2.67. The van der Waals surface area contributed by atoms with Gasteiger partial charge in [-0.05, 0) is 24.8 Å². The fourth-order valence-corrected chi connectivity index (χ4v) is 2.23. The van der Waals surface area contributed by atoms with Gasteiger partial charge < -0.3 is 14.8 Å². The third-order valence-corrected chi connectivity index (χ3v) is 3.63. The lowest BCUT2D eigenvalue weighted by Crippen LogP contribution is -2.46. The Morgan fingerprint density at radius 1 is 1.32 bits per heavy atom. The molecule has 5 nitrogen and oxygen atoms in total. The second kappa shape index (κ2) is 6.92. The number of nitrogens with one attached hydrogen (secondary N) is 1. The third-order valence-electron chi connectivity index (χ3n) is 3.63. The number of amides is 1. The molecular weight excluding hydrogens is 282 g/mol. The van der Waals surface area contributed by atoms with Gasteiger partial charge in [0.25, 0.3) is 0 Å². The van der Waals surface area contributed by atoms with Crippen molar-refractivity contribution in [3.05, 3.63) is 35.9 Å². The fraction of sp³-hybridized carbons (Fsp3) is 0.529. The number of carbonyl (C=O) groups excluding carboxylic acids is 2. The first-order valence-electron chi connectivity index (χ1n) is 7.56. The number of Topliss-reactive ketones (excluding diaryl/α,β-unsaturated/α-hetero) is 1. The highest BCUT2D eigenvalue weighted by Gasteiger charge is 2.50. The molecule has 0 aliphatic carbocycles. The maximum Gasteiger partial charge on any atom is 0.408 e. The Hall–Kier alpha value is -1.88. The smallest absolute Gasteiger partial charge is 0.408 e. The van der Waals surface area contributed by atoms with Crippen LogP contribution < -0.4 is 5.32 Å².